The fourth-order valence-electron chi connectivity index (χ4n) is 3.38. The van der Waals surface area contributed by atoms with Crippen molar-refractivity contribution in [2.45, 2.75) is 32.1 Å². The van der Waals surface area contributed by atoms with E-state index in [4.69, 9.17) is 15.9 Å². The van der Waals surface area contributed by atoms with Gasteiger partial charge >= 0.3 is 6.09 Å². The van der Waals surface area contributed by atoms with Crippen molar-refractivity contribution < 1.29 is 9.53 Å². The molecule has 1 aliphatic rings. The summed E-state index contributed by atoms with van der Waals surface area (Å²) < 4.78 is 5.44. The summed E-state index contributed by atoms with van der Waals surface area (Å²) >= 11 is 0. The second-order valence-electron chi connectivity index (χ2n) is 6.91. The molecule has 3 rings (SSSR count). The summed E-state index contributed by atoms with van der Waals surface area (Å²) in [6.07, 6.45) is 9.86. The predicted octanol–water partition coefficient (Wildman–Crippen LogP) is 3.73. The Morgan fingerprint density at radius 1 is 1.25 bits per heavy atom. The average molecular weight is 379 g/mol. The molecule has 0 saturated heterocycles. The third-order valence-corrected chi connectivity index (χ3v) is 4.88. The van der Waals surface area contributed by atoms with Gasteiger partial charge in [0.05, 0.1) is 0 Å². The van der Waals surface area contributed by atoms with E-state index in [1.54, 1.807) is 24.5 Å². The first-order valence-corrected chi connectivity index (χ1v) is 9.49. The number of aromatic nitrogens is 1. The molecule has 1 amide bonds. The van der Waals surface area contributed by atoms with Gasteiger partial charge in [0.25, 0.3) is 0 Å². The number of nitrogens with one attached hydrogen (secondary N) is 2. The number of hydrogen-bond donors (Lipinski definition) is 3. The molecule has 0 unspecified atom stereocenters. The summed E-state index contributed by atoms with van der Waals surface area (Å²) in [6, 6.07) is 9.08. The van der Waals surface area contributed by atoms with Crippen molar-refractivity contribution in [3.05, 3.63) is 48.3 Å². The van der Waals surface area contributed by atoms with Gasteiger partial charge in [-0.2, -0.15) is 0 Å². The number of amides is 1. The minimum atomic E-state index is -0.433. The molecule has 0 radical (unpaired) electrons. The van der Waals surface area contributed by atoms with Crippen LogP contribution >= 0.6 is 0 Å². The van der Waals surface area contributed by atoms with Crippen molar-refractivity contribution in [1.82, 2.24) is 10.3 Å². The second kappa shape index (κ2) is 9.64. The summed E-state index contributed by atoms with van der Waals surface area (Å²) in [6.45, 7) is 0.663. The number of hydrogen-bond acceptors (Lipinski definition) is 4. The largest absolute Gasteiger partial charge is 0.412 e. The van der Waals surface area contributed by atoms with Crippen LogP contribution in [-0.4, -0.2) is 29.8 Å². The van der Waals surface area contributed by atoms with Gasteiger partial charge in [0, 0.05) is 30.1 Å². The maximum absolute atomic E-state index is 12.1. The minimum absolute atomic E-state index is 0.221. The van der Waals surface area contributed by atoms with E-state index in [9.17, 15) is 4.79 Å². The van der Waals surface area contributed by atoms with Crippen LogP contribution in [0.2, 0.25) is 0 Å². The first kappa shape index (κ1) is 19.5. The molecular weight excluding hydrogens is 354 g/mol. The highest BCUT2D eigenvalue weighted by Gasteiger charge is 2.15. The molecule has 2 aromatic rings. The summed E-state index contributed by atoms with van der Waals surface area (Å²) in [5, 5.41) is 9.90. The van der Waals surface area contributed by atoms with E-state index in [2.05, 4.69) is 15.3 Å². The topological polar surface area (TPSA) is 113 Å². The first-order valence-electron chi connectivity index (χ1n) is 9.49. The Kier molecular flexibility index (Phi) is 6.73. The van der Waals surface area contributed by atoms with Crippen LogP contribution in [0.25, 0.3) is 11.1 Å². The SMILES string of the molecule is N=CN=C(N)c1cncc(-c2cccc(OC(=O)NCC3CCCCC3)c2)c1. The molecule has 0 atom stereocenters. The number of carbonyl (C=O) groups excluding carboxylic acids is 1. The fourth-order valence-corrected chi connectivity index (χ4v) is 3.38. The Morgan fingerprint density at radius 3 is 2.86 bits per heavy atom. The van der Waals surface area contributed by atoms with Crippen LogP contribution < -0.4 is 15.8 Å². The van der Waals surface area contributed by atoms with Gasteiger partial charge < -0.3 is 15.8 Å². The molecule has 1 aliphatic carbocycles. The van der Waals surface area contributed by atoms with E-state index in [0.29, 0.717) is 23.8 Å². The number of carbonyl (C=O) groups is 1. The van der Waals surface area contributed by atoms with Crippen LogP contribution in [0, 0.1) is 11.3 Å². The standard InChI is InChI=1S/C21H25N5O2/c22-14-26-20(23)18-9-17(12-24-13-18)16-7-4-8-19(10-16)28-21(27)25-11-15-5-2-1-3-6-15/h4,7-10,12-15H,1-3,5-6,11H2,(H,25,27)(H3,22,23,26). The molecule has 1 fully saturated rings. The van der Waals surface area contributed by atoms with Crippen molar-refractivity contribution in [3.8, 4) is 16.9 Å². The van der Waals surface area contributed by atoms with E-state index in [1.165, 1.54) is 32.1 Å². The molecule has 146 valence electrons. The predicted molar refractivity (Wildman–Crippen MR) is 110 cm³/mol. The first-order chi connectivity index (χ1) is 13.7. The molecule has 0 spiro atoms. The summed E-state index contributed by atoms with van der Waals surface area (Å²) in [4.78, 5) is 20.1. The molecule has 7 nitrogen and oxygen atoms in total. The zero-order valence-corrected chi connectivity index (χ0v) is 15.7. The third-order valence-electron chi connectivity index (χ3n) is 4.88. The average Bonchev–Trinajstić information content (AvgIpc) is 2.73. The zero-order valence-electron chi connectivity index (χ0n) is 15.7. The second-order valence-corrected chi connectivity index (χ2v) is 6.91. The number of rotatable bonds is 6. The maximum Gasteiger partial charge on any atom is 0.412 e. The lowest BCUT2D eigenvalue weighted by Crippen LogP contribution is -2.32. The molecule has 1 saturated carbocycles. The third kappa shape index (κ3) is 5.39. The monoisotopic (exact) mass is 379 g/mol. The van der Waals surface area contributed by atoms with Crippen LogP contribution in [0.4, 0.5) is 4.79 Å². The Balaban J connectivity index is 1.65. The van der Waals surface area contributed by atoms with Crippen LogP contribution in [-0.2, 0) is 0 Å². The smallest absolute Gasteiger partial charge is 0.410 e. The van der Waals surface area contributed by atoms with E-state index in [0.717, 1.165) is 17.5 Å². The van der Waals surface area contributed by atoms with Crippen LogP contribution in [0.5, 0.6) is 5.75 Å². The number of amidine groups is 1. The number of benzene rings is 1. The van der Waals surface area contributed by atoms with Gasteiger partial charge in [0.2, 0.25) is 0 Å². The van der Waals surface area contributed by atoms with Crippen LogP contribution in [0.1, 0.15) is 37.7 Å². The number of ether oxygens (including phenoxy) is 1. The Hall–Kier alpha value is -3.22. The normalized spacial score (nSPS) is 15.1. The summed E-state index contributed by atoms with van der Waals surface area (Å²) in [7, 11) is 0. The van der Waals surface area contributed by atoms with Gasteiger partial charge in [-0.1, -0.05) is 31.4 Å². The number of nitrogens with zero attached hydrogens (tertiary/aromatic N) is 2. The molecule has 4 N–H and O–H groups in total. The lowest BCUT2D eigenvalue weighted by Gasteiger charge is -2.21. The lowest BCUT2D eigenvalue weighted by atomic mass is 9.89. The Morgan fingerprint density at radius 2 is 2.07 bits per heavy atom. The highest BCUT2D eigenvalue weighted by atomic mass is 16.6. The van der Waals surface area contributed by atoms with E-state index >= 15 is 0 Å². The van der Waals surface area contributed by atoms with Crippen molar-refractivity contribution in [2.24, 2.45) is 16.6 Å². The molecule has 28 heavy (non-hydrogen) atoms. The van der Waals surface area contributed by atoms with Crippen molar-refractivity contribution >= 4 is 18.3 Å². The van der Waals surface area contributed by atoms with Gasteiger partial charge in [0.1, 0.15) is 17.9 Å². The molecule has 0 aliphatic heterocycles. The van der Waals surface area contributed by atoms with Gasteiger partial charge in [-0.3, -0.25) is 10.4 Å². The fraction of sp³-hybridized carbons (Fsp3) is 0.333. The Labute approximate surface area is 164 Å². The quantitative estimate of drug-likeness (QED) is 0.524. The maximum atomic E-state index is 12.1. The number of pyridine rings is 1. The molecule has 1 aromatic carbocycles. The van der Waals surface area contributed by atoms with Gasteiger partial charge in [0.15, 0.2) is 0 Å². The molecule has 1 heterocycles. The Bertz CT molecular complexity index is 859. The minimum Gasteiger partial charge on any atom is -0.410 e. The highest BCUT2D eigenvalue weighted by molar-refractivity contribution is 6.01. The highest BCUT2D eigenvalue weighted by Crippen LogP contribution is 2.25. The van der Waals surface area contributed by atoms with E-state index in [-0.39, 0.29) is 5.84 Å². The van der Waals surface area contributed by atoms with Crippen LogP contribution in [0.15, 0.2) is 47.7 Å². The van der Waals surface area contributed by atoms with Crippen molar-refractivity contribution in [1.29, 1.82) is 5.41 Å². The molecular formula is C21H25N5O2. The summed E-state index contributed by atoms with van der Waals surface area (Å²) in [5.74, 6) is 1.23. The van der Waals surface area contributed by atoms with Gasteiger partial charge in [-0.15, -0.1) is 0 Å². The van der Waals surface area contributed by atoms with Crippen LogP contribution in [0.3, 0.4) is 0 Å². The number of nitrogens with two attached hydrogens (primary N) is 1. The zero-order chi connectivity index (χ0) is 19.8. The number of aliphatic imine (C=N–C) groups is 1. The lowest BCUT2D eigenvalue weighted by molar-refractivity contribution is 0.196. The molecule has 7 heteroatoms. The summed E-state index contributed by atoms with van der Waals surface area (Å²) in [5.41, 5.74) is 8.10. The molecule has 0 bridgehead atoms. The van der Waals surface area contributed by atoms with Crippen molar-refractivity contribution in [3.63, 3.8) is 0 Å². The van der Waals surface area contributed by atoms with Crippen molar-refractivity contribution in [2.75, 3.05) is 6.54 Å². The molecule has 1 aromatic heterocycles. The van der Waals surface area contributed by atoms with Gasteiger partial charge in [-0.25, -0.2) is 9.79 Å². The van der Waals surface area contributed by atoms with E-state index < -0.39 is 6.09 Å². The van der Waals surface area contributed by atoms with Gasteiger partial charge in [-0.05, 0) is 42.5 Å². The van der Waals surface area contributed by atoms with E-state index in [1.807, 2.05) is 18.2 Å².